The molecular weight excluding hydrogens is 317 g/mol. The van der Waals surface area contributed by atoms with E-state index in [0.717, 1.165) is 6.07 Å². The van der Waals surface area contributed by atoms with E-state index in [-0.39, 0.29) is 21.0 Å². The van der Waals surface area contributed by atoms with Gasteiger partial charge in [-0.3, -0.25) is 0 Å². The zero-order chi connectivity index (χ0) is 13.5. The van der Waals surface area contributed by atoms with Crippen LogP contribution in [0.4, 0.5) is 13.2 Å². The first-order valence-electron chi connectivity index (χ1n) is 4.71. The topological polar surface area (TPSA) is 39.4 Å². The molecule has 1 heterocycles. The van der Waals surface area contributed by atoms with Crippen molar-refractivity contribution in [2.45, 2.75) is 6.18 Å². The summed E-state index contributed by atoms with van der Waals surface area (Å²) >= 11 is 3.06. The molecule has 0 N–H and O–H groups in total. The van der Waals surface area contributed by atoms with Gasteiger partial charge in [-0.15, -0.1) is 0 Å². The lowest BCUT2D eigenvalue weighted by molar-refractivity contribution is -0.152. The van der Waals surface area contributed by atoms with Gasteiger partial charge < -0.3 is 9.15 Å². The number of halogens is 4. The highest BCUT2D eigenvalue weighted by Gasteiger charge is 2.35. The van der Waals surface area contributed by atoms with Crippen LogP contribution in [0.25, 0.3) is 11.0 Å². The number of benzene rings is 1. The van der Waals surface area contributed by atoms with Gasteiger partial charge in [-0.05, 0) is 34.1 Å². The lowest BCUT2D eigenvalue weighted by Gasteiger charge is -2.00. The predicted molar refractivity (Wildman–Crippen MR) is 60.3 cm³/mol. The van der Waals surface area contributed by atoms with Gasteiger partial charge in [0.2, 0.25) is 5.76 Å². The molecule has 2 rings (SSSR count). The number of ether oxygens (including phenoxy) is 1. The summed E-state index contributed by atoms with van der Waals surface area (Å²) in [6.45, 7) is 0. The maximum atomic E-state index is 12.5. The van der Waals surface area contributed by atoms with Crippen molar-refractivity contribution in [1.82, 2.24) is 0 Å². The van der Waals surface area contributed by atoms with E-state index in [1.807, 2.05) is 0 Å². The number of furan rings is 1. The monoisotopic (exact) mass is 322 g/mol. The van der Waals surface area contributed by atoms with Gasteiger partial charge in [0, 0.05) is 5.39 Å². The van der Waals surface area contributed by atoms with Crippen LogP contribution in [0.15, 0.2) is 27.1 Å². The van der Waals surface area contributed by atoms with Crippen LogP contribution >= 0.6 is 15.9 Å². The quantitative estimate of drug-likeness (QED) is 0.745. The zero-order valence-corrected chi connectivity index (χ0v) is 10.6. The Bertz CT molecular complexity index is 616. The number of esters is 1. The standard InChI is InChI=1S/C11H6BrF3O3/c1-17-10(16)6-2-5-4-8(11(13,14)15)18-9(5)7(12)3-6/h2-4H,1H3. The van der Waals surface area contributed by atoms with Crippen LogP contribution in [0.1, 0.15) is 16.1 Å². The van der Waals surface area contributed by atoms with Gasteiger partial charge in [-0.2, -0.15) is 13.2 Å². The van der Waals surface area contributed by atoms with E-state index in [4.69, 9.17) is 4.42 Å². The van der Waals surface area contributed by atoms with Crippen LogP contribution in [0.5, 0.6) is 0 Å². The van der Waals surface area contributed by atoms with Gasteiger partial charge >= 0.3 is 12.1 Å². The maximum Gasteiger partial charge on any atom is 0.449 e. The Morgan fingerprint density at radius 2 is 2.00 bits per heavy atom. The van der Waals surface area contributed by atoms with Gasteiger partial charge in [-0.25, -0.2) is 4.79 Å². The summed E-state index contributed by atoms with van der Waals surface area (Å²) < 4.78 is 46.9. The van der Waals surface area contributed by atoms with Crippen LogP contribution in [0, 0.1) is 0 Å². The van der Waals surface area contributed by atoms with E-state index < -0.39 is 17.9 Å². The second-order valence-corrected chi connectivity index (χ2v) is 4.33. The smallest absolute Gasteiger partial charge is 0.449 e. The minimum atomic E-state index is -4.57. The molecule has 96 valence electrons. The summed E-state index contributed by atoms with van der Waals surface area (Å²) in [6.07, 6.45) is -4.57. The van der Waals surface area contributed by atoms with E-state index >= 15 is 0 Å². The fourth-order valence-corrected chi connectivity index (χ4v) is 2.04. The molecule has 0 amide bonds. The predicted octanol–water partition coefficient (Wildman–Crippen LogP) is 4.00. The van der Waals surface area contributed by atoms with Crippen LogP contribution in [0.2, 0.25) is 0 Å². The number of rotatable bonds is 1. The molecule has 0 saturated carbocycles. The third-order valence-electron chi connectivity index (χ3n) is 2.27. The number of methoxy groups -OCH3 is 1. The highest BCUT2D eigenvalue weighted by atomic mass is 79.9. The molecule has 0 unspecified atom stereocenters. The molecule has 0 atom stereocenters. The van der Waals surface area contributed by atoms with Crippen molar-refractivity contribution in [2.24, 2.45) is 0 Å². The molecule has 0 spiro atoms. The van der Waals surface area contributed by atoms with Crippen molar-refractivity contribution in [3.05, 3.63) is 34.0 Å². The third kappa shape index (κ3) is 2.22. The summed E-state index contributed by atoms with van der Waals surface area (Å²) in [7, 11) is 1.19. The number of alkyl halides is 3. The summed E-state index contributed by atoms with van der Waals surface area (Å²) in [5.41, 5.74) is 0.182. The molecule has 0 aliphatic carbocycles. The number of carbonyl (C=O) groups is 1. The molecule has 0 fully saturated rings. The summed E-state index contributed by atoms with van der Waals surface area (Å²) in [5, 5.41) is 0.178. The summed E-state index contributed by atoms with van der Waals surface area (Å²) in [6, 6.07) is 3.47. The van der Waals surface area contributed by atoms with Crippen LogP contribution in [-0.4, -0.2) is 13.1 Å². The zero-order valence-electron chi connectivity index (χ0n) is 8.97. The number of hydrogen-bond donors (Lipinski definition) is 0. The first-order chi connectivity index (χ1) is 8.32. The van der Waals surface area contributed by atoms with Crippen molar-refractivity contribution in [3.63, 3.8) is 0 Å². The van der Waals surface area contributed by atoms with Gasteiger partial charge in [0.25, 0.3) is 0 Å². The molecule has 0 radical (unpaired) electrons. The second-order valence-electron chi connectivity index (χ2n) is 3.48. The Morgan fingerprint density at radius 3 is 2.56 bits per heavy atom. The average molecular weight is 323 g/mol. The van der Waals surface area contributed by atoms with Crippen molar-refractivity contribution in [1.29, 1.82) is 0 Å². The highest BCUT2D eigenvalue weighted by Crippen LogP contribution is 2.36. The number of carbonyl (C=O) groups excluding carboxylic acids is 1. The van der Waals surface area contributed by atoms with Gasteiger partial charge in [-0.1, -0.05) is 0 Å². The fraction of sp³-hybridized carbons (Fsp3) is 0.182. The Hall–Kier alpha value is -1.50. The normalized spacial score (nSPS) is 11.8. The van der Waals surface area contributed by atoms with Crippen molar-refractivity contribution in [3.8, 4) is 0 Å². The summed E-state index contributed by atoms with van der Waals surface area (Å²) in [5.74, 6) is -1.74. The molecule has 1 aromatic heterocycles. The molecule has 18 heavy (non-hydrogen) atoms. The van der Waals surface area contributed by atoms with Crippen molar-refractivity contribution in [2.75, 3.05) is 7.11 Å². The van der Waals surface area contributed by atoms with E-state index in [1.54, 1.807) is 0 Å². The van der Waals surface area contributed by atoms with E-state index in [2.05, 4.69) is 20.7 Å². The highest BCUT2D eigenvalue weighted by molar-refractivity contribution is 9.10. The van der Waals surface area contributed by atoms with Crippen LogP contribution < -0.4 is 0 Å². The minimum absolute atomic E-state index is 0.0370. The molecule has 0 bridgehead atoms. The Kier molecular flexibility index (Phi) is 3.10. The molecule has 2 aromatic rings. The van der Waals surface area contributed by atoms with E-state index in [9.17, 15) is 18.0 Å². The Morgan fingerprint density at radius 1 is 1.33 bits per heavy atom. The SMILES string of the molecule is COC(=O)c1cc(Br)c2oc(C(F)(F)F)cc2c1. The average Bonchev–Trinajstić information content (AvgIpc) is 2.72. The molecule has 7 heteroatoms. The van der Waals surface area contributed by atoms with Crippen molar-refractivity contribution >= 4 is 32.9 Å². The van der Waals surface area contributed by atoms with Crippen LogP contribution in [0.3, 0.4) is 0 Å². The molecular formula is C11H6BrF3O3. The summed E-state index contributed by atoms with van der Waals surface area (Å²) in [4.78, 5) is 11.3. The van der Waals surface area contributed by atoms with Gasteiger partial charge in [0.1, 0.15) is 5.58 Å². The second kappa shape index (κ2) is 4.31. The first-order valence-corrected chi connectivity index (χ1v) is 5.51. The number of hydrogen-bond acceptors (Lipinski definition) is 3. The molecule has 0 aliphatic rings. The lowest BCUT2D eigenvalue weighted by Crippen LogP contribution is -2.01. The van der Waals surface area contributed by atoms with Crippen molar-refractivity contribution < 1.29 is 27.1 Å². The molecule has 1 aromatic carbocycles. The first kappa shape index (κ1) is 12.9. The van der Waals surface area contributed by atoms with Gasteiger partial charge in [0.15, 0.2) is 0 Å². The largest absolute Gasteiger partial charge is 0.465 e. The third-order valence-corrected chi connectivity index (χ3v) is 2.86. The molecule has 0 aliphatic heterocycles. The number of fused-ring (bicyclic) bond motifs is 1. The Balaban J connectivity index is 2.63. The van der Waals surface area contributed by atoms with Crippen LogP contribution in [-0.2, 0) is 10.9 Å². The lowest BCUT2D eigenvalue weighted by atomic mass is 10.1. The maximum absolute atomic E-state index is 12.5. The molecule has 0 saturated heterocycles. The fourth-order valence-electron chi connectivity index (χ4n) is 1.49. The molecule has 3 nitrogen and oxygen atoms in total. The van der Waals surface area contributed by atoms with Gasteiger partial charge in [0.05, 0.1) is 17.1 Å². The van der Waals surface area contributed by atoms with E-state index in [1.165, 1.54) is 19.2 Å². The minimum Gasteiger partial charge on any atom is -0.465 e. The van der Waals surface area contributed by atoms with E-state index in [0.29, 0.717) is 0 Å². The Labute approximate surface area is 108 Å².